The lowest BCUT2D eigenvalue weighted by atomic mass is 9.84. The van der Waals surface area contributed by atoms with E-state index in [9.17, 15) is 9.59 Å². The van der Waals surface area contributed by atoms with Gasteiger partial charge in [0, 0.05) is 43.2 Å². The van der Waals surface area contributed by atoms with Gasteiger partial charge >= 0.3 is 0 Å². The Balaban J connectivity index is 1.52. The number of rotatable bonds is 4. The van der Waals surface area contributed by atoms with E-state index in [4.69, 9.17) is 11.6 Å². The quantitative estimate of drug-likeness (QED) is 0.858. The van der Waals surface area contributed by atoms with Gasteiger partial charge in [0.15, 0.2) is 0 Å². The Bertz CT molecular complexity index is 643. The molecule has 2 fully saturated rings. The van der Waals surface area contributed by atoms with Crippen LogP contribution in [0.2, 0.25) is 5.02 Å². The largest absolute Gasteiger partial charge is 0.341 e. The second-order valence-corrected chi connectivity index (χ2v) is 8.24. The Hall–Kier alpha value is -1.59. The maximum Gasteiger partial charge on any atom is 0.253 e. The number of nitrogens with zero attached hydrogens (tertiary/aromatic N) is 2. The predicted molar refractivity (Wildman–Crippen MR) is 108 cm³/mol. The van der Waals surface area contributed by atoms with Crippen molar-refractivity contribution in [1.82, 2.24) is 15.1 Å². The summed E-state index contributed by atoms with van der Waals surface area (Å²) in [7, 11) is 0. The summed E-state index contributed by atoms with van der Waals surface area (Å²) in [6, 6.07) is 7.01. The average molecular weight is 392 g/mol. The molecule has 3 rings (SSSR count). The molecule has 6 heteroatoms. The van der Waals surface area contributed by atoms with Gasteiger partial charge in [-0.1, -0.05) is 18.5 Å². The molecule has 5 nitrogen and oxygen atoms in total. The van der Waals surface area contributed by atoms with Crippen LogP contribution in [-0.4, -0.2) is 60.9 Å². The summed E-state index contributed by atoms with van der Waals surface area (Å²) in [4.78, 5) is 29.3. The molecular formula is C21H30ClN3O2. The molecule has 0 aromatic heterocycles. The van der Waals surface area contributed by atoms with Gasteiger partial charge in [0.1, 0.15) is 0 Å². The lowest BCUT2D eigenvalue weighted by Crippen LogP contribution is -2.39. The minimum atomic E-state index is 0.0176. The number of piperidine rings is 1. The van der Waals surface area contributed by atoms with Crippen molar-refractivity contribution < 1.29 is 9.59 Å². The molecule has 1 unspecified atom stereocenters. The van der Waals surface area contributed by atoms with Crippen LogP contribution in [0.1, 0.15) is 43.0 Å². The van der Waals surface area contributed by atoms with Gasteiger partial charge in [-0.25, -0.2) is 0 Å². The number of amides is 2. The zero-order valence-corrected chi connectivity index (χ0v) is 16.9. The predicted octanol–water partition coefficient (Wildman–Crippen LogP) is 3.04. The number of hydrogen-bond acceptors (Lipinski definition) is 3. The number of hydrogen-bond donors (Lipinski definition) is 1. The molecule has 2 aliphatic heterocycles. The maximum atomic E-state index is 12.8. The lowest BCUT2D eigenvalue weighted by Gasteiger charge is -2.30. The molecule has 1 aromatic carbocycles. The molecule has 0 spiro atoms. The zero-order chi connectivity index (χ0) is 19.2. The Labute approximate surface area is 167 Å². The van der Waals surface area contributed by atoms with Crippen LogP contribution >= 0.6 is 11.6 Å². The first-order chi connectivity index (χ1) is 13.0. The first-order valence-corrected chi connectivity index (χ1v) is 10.5. The van der Waals surface area contributed by atoms with Crippen LogP contribution in [0.4, 0.5) is 0 Å². The van der Waals surface area contributed by atoms with Crippen LogP contribution in [0.5, 0.6) is 0 Å². The molecule has 2 amide bonds. The summed E-state index contributed by atoms with van der Waals surface area (Å²) >= 11 is 5.91. The Morgan fingerprint density at radius 1 is 1.07 bits per heavy atom. The molecule has 0 saturated carbocycles. The second kappa shape index (κ2) is 9.56. The van der Waals surface area contributed by atoms with Gasteiger partial charge in [-0.2, -0.15) is 0 Å². The summed E-state index contributed by atoms with van der Waals surface area (Å²) in [5.41, 5.74) is 0.652. The van der Waals surface area contributed by atoms with Crippen molar-refractivity contribution in [2.24, 2.45) is 11.8 Å². The highest BCUT2D eigenvalue weighted by molar-refractivity contribution is 6.30. The molecule has 2 aliphatic rings. The molecule has 2 heterocycles. The Morgan fingerprint density at radius 3 is 2.41 bits per heavy atom. The topological polar surface area (TPSA) is 52.7 Å². The number of carbonyl (C=O) groups is 2. The summed E-state index contributed by atoms with van der Waals surface area (Å²) in [6.45, 7) is 6.98. The van der Waals surface area contributed by atoms with Crippen LogP contribution in [-0.2, 0) is 4.79 Å². The summed E-state index contributed by atoms with van der Waals surface area (Å²) in [5, 5.41) is 4.01. The van der Waals surface area contributed by atoms with Crippen molar-refractivity contribution in [3.63, 3.8) is 0 Å². The molecule has 0 bridgehead atoms. The van der Waals surface area contributed by atoms with Gasteiger partial charge in [-0.05, 0) is 68.5 Å². The smallest absolute Gasteiger partial charge is 0.253 e. The molecule has 2 saturated heterocycles. The van der Waals surface area contributed by atoms with E-state index in [-0.39, 0.29) is 11.8 Å². The second-order valence-electron chi connectivity index (χ2n) is 7.80. The standard InChI is InChI=1S/C21H30ClN3O2/c1-16(17-7-9-23-10-8-17)15-20(26)24-11-2-12-25(14-13-24)21(27)18-3-5-19(22)6-4-18/h3-6,16-17,23H,2,7-15H2,1H3. The fraction of sp³-hybridized carbons (Fsp3) is 0.619. The van der Waals surface area contributed by atoms with E-state index in [0.29, 0.717) is 48.5 Å². The van der Waals surface area contributed by atoms with Crippen LogP contribution in [0.25, 0.3) is 0 Å². The fourth-order valence-corrected chi connectivity index (χ4v) is 4.26. The van der Waals surface area contributed by atoms with Crippen LogP contribution < -0.4 is 5.32 Å². The van der Waals surface area contributed by atoms with Crippen molar-refractivity contribution in [3.05, 3.63) is 34.9 Å². The summed E-state index contributed by atoms with van der Waals surface area (Å²) in [5.74, 6) is 1.32. The van der Waals surface area contributed by atoms with E-state index in [1.807, 2.05) is 9.80 Å². The molecule has 148 valence electrons. The first-order valence-electron chi connectivity index (χ1n) is 10.1. The van der Waals surface area contributed by atoms with E-state index in [1.165, 1.54) is 0 Å². The highest BCUT2D eigenvalue weighted by Gasteiger charge is 2.26. The minimum absolute atomic E-state index is 0.0176. The SMILES string of the molecule is CC(CC(=O)N1CCCN(C(=O)c2ccc(Cl)cc2)CC1)C1CCNCC1. The Morgan fingerprint density at radius 2 is 1.70 bits per heavy atom. The molecule has 1 aromatic rings. The normalized spacial score (nSPS) is 20.2. The molecular weight excluding hydrogens is 362 g/mol. The lowest BCUT2D eigenvalue weighted by molar-refractivity contribution is -0.132. The molecule has 1 atom stereocenters. The fourth-order valence-electron chi connectivity index (χ4n) is 4.13. The van der Waals surface area contributed by atoms with Crippen molar-refractivity contribution in [2.45, 2.75) is 32.6 Å². The van der Waals surface area contributed by atoms with E-state index in [2.05, 4.69) is 12.2 Å². The minimum Gasteiger partial charge on any atom is -0.341 e. The van der Waals surface area contributed by atoms with Crippen LogP contribution in [0, 0.1) is 11.8 Å². The van der Waals surface area contributed by atoms with Crippen molar-refractivity contribution in [2.75, 3.05) is 39.3 Å². The third kappa shape index (κ3) is 5.45. The van der Waals surface area contributed by atoms with Crippen LogP contribution in [0.3, 0.4) is 0 Å². The Kier molecular flexibility index (Phi) is 7.13. The monoisotopic (exact) mass is 391 g/mol. The molecule has 1 N–H and O–H groups in total. The number of nitrogens with one attached hydrogen (secondary N) is 1. The first kappa shape index (κ1) is 20.2. The number of benzene rings is 1. The average Bonchev–Trinajstić information content (AvgIpc) is 2.95. The van der Waals surface area contributed by atoms with E-state index >= 15 is 0 Å². The highest BCUT2D eigenvalue weighted by Crippen LogP contribution is 2.25. The van der Waals surface area contributed by atoms with Gasteiger partial charge in [-0.15, -0.1) is 0 Å². The van der Waals surface area contributed by atoms with Crippen molar-refractivity contribution in [1.29, 1.82) is 0 Å². The van der Waals surface area contributed by atoms with E-state index in [0.717, 1.165) is 38.9 Å². The van der Waals surface area contributed by atoms with Crippen molar-refractivity contribution in [3.8, 4) is 0 Å². The molecule has 27 heavy (non-hydrogen) atoms. The highest BCUT2D eigenvalue weighted by atomic mass is 35.5. The van der Waals surface area contributed by atoms with E-state index in [1.54, 1.807) is 24.3 Å². The van der Waals surface area contributed by atoms with Gasteiger partial charge in [0.25, 0.3) is 5.91 Å². The number of halogens is 1. The molecule has 0 radical (unpaired) electrons. The summed E-state index contributed by atoms with van der Waals surface area (Å²) in [6.07, 6.45) is 3.78. The third-order valence-electron chi connectivity index (χ3n) is 5.91. The zero-order valence-electron chi connectivity index (χ0n) is 16.1. The summed E-state index contributed by atoms with van der Waals surface area (Å²) < 4.78 is 0. The van der Waals surface area contributed by atoms with Gasteiger partial charge < -0.3 is 15.1 Å². The van der Waals surface area contributed by atoms with Gasteiger partial charge in [0.2, 0.25) is 5.91 Å². The van der Waals surface area contributed by atoms with Crippen LogP contribution in [0.15, 0.2) is 24.3 Å². The van der Waals surface area contributed by atoms with E-state index < -0.39 is 0 Å². The van der Waals surface area contributed by atoms with Gasteiger partial charge in [-0.3, -0.25) is 9.59 Å². The molecule has 0 aliphatic carbocycles. The third-order valence-corrected chi connectivity index (χ3v) is 6.16. The van der Waals surface area contributed by atoms with Crippen molar-refractivity contribution >= 4 is 23.4 Å². The van der Waals surface area contributed by atoms with Gasteiger partial charge in [0.05, 0.1) is 0 Å². The maximum absolute atomic E-state index is 12.8. The number of carbonyl (C=O) groups excluding carboxylic acids is 2.